The Bertz CT molecular complexity index is 1100. The lowest BCUT2D eigenvalue weighted by Gasteiger charge is -2.13. The quantitative estimate of drug-likeness (QED) is 0.694. The van der Waals surface area contributed by atoms with E-state index in [1.165, 1.54) is 12.1 Å². The fourth-order valence-corrected chi connectivity index (χ4v) is 3.56. The molecule has 3 aromatic rings. The zero-order chi connectivity index (χ0) is 19.9. The van der Waals surface area contributed by atoms with Crippen LogP contribution in [0.2, 0.25) is 0 Å². The largest absolute Gasteiger partial charge is 0.378 e. The number of aromatic nitrogens is 4. The third-order valence-electron chi connectivity index (χ3n) is 5.04. The molecule has 0 radical (unpaired) electrons. The van der Waals surface area contributed by atoms with Crippen LogP contribution >= 0.6 is 0 Å². The molecule has 0 spiro atoms. The SMILES string of the molecule is CN(C)c1nc(C#CC2(O)CCCC2)nc2c1nc(-c1cccc(F)c1)n2C. The third kappa shape index (κ3) is 3.32. The highest BCUT2D eigenvalue weighted by molar-refractivity contribution is 5.87. The molecule has 0 atom stereocenters. The lowest BCUT2D eigenvalue weighted by atomic mass is 10.0. The highest BCUT2D eigenvalue weighted by Gasteiger charge is 2.28. The predicted molar refractivity (Wildman–Crippen MR) is 106 cm³/mol. The second-order valence-electron chi connectivity index (χ2n) is 7.43. The molecular weight excluding hydrogens is 357 g/mol. The highest BCUT2D eigenvalue weighted by atomic mass is 19.1. The average Bonchev–Trinajstić information content (AvgIpc) is 3.24. The Morgan fingerprint density at radius 3 is 2.61 bits per heavy atom. The van der Waals surface area contributed by atoms with Gasteiger partial charge in [-0.2, -0.15) is 0 Å². The summed E-state index contributed by atoms with van der Waals surface area (Å²) in [5, 5.41) is 10.5. The molecule has 28 heavy (non-hydrogen) atoms. The summed E-state index contributed by atoms with van der Waals surface area (Å²) in [6, 6.07) is 6.31. The average molecular weight is 379 g/mol. The molecule has 1 aromatic carbocycles. The van der Waals surface area contributed by atoms with Gasteiger partial charge in [0.25, 0.3) is 0 Å². The molecule has 1 saturated carbocycles. The number of anilines is 1. The molecule has 2 aromatic heterocycles. The molecule has 4 rings (SSSR count). The summed E-state index contributed by atoms with van der Waals surface area (Å²) in [6.45, 7) is 0. The number of hydrogen-bond donors (Lipinski definition) is 1. The van der Waals surface area contributed by atoms with Crippen molar-refractivity contribution in [3.63, 3.8) is 0 Å². The Morgan fingerprint density at radius 2 is 1.93 bits per heavy atom. The van der Waals surface area contributed by atoms with Crippen LogP contribution in [0.1, 0.15) is 31.5 Å². The van der Waals surface area contributed by atoms with Crippen LogP contribution in [-0.2, 0) is 7.05 Å². The normalized spacial score (nSPS) is 15.5. The van der Waals surface area contributed by atoms with Crippen molar-refractivity contribution >= 4 is 17.0 Å². The van der Waals surface area contributed by atoms with Gasteiger partial charge in [0.2, 0.25) is 5.82 Å². The molecule has 1 aliphatic carbocycles. The zero-order valence-electron chi connectivity index (χ0n) is 16.2. The summed E-state index contributed by atoms with van der Waals surface area (Å²) < 4.78 is 15.5. The summed E-state index contributed by atoms with van der Waals surface area (Å²) in [4.78, 5) is 15.6. The third-order valence-corrected chi connectivity index (χ3v) is 5.04. The number of fused-ring (bicyclic) bond motifs is 1. The van der Waals surface area contributed by atoms with E-state index in [1.54, 1.807) is 6.07 Å². The van der Waals surface area contributed by atoms with Crippen LogP contribution in [0.15, 0.2) is 24.3 Å². The van der Waals surface area contributed by atoms with E-state index in [-0.39, 0.29) is 5.82 Å². The summed E-state index contributed by atoms with van der Waals surface area (Å²) in [6.07, 6.45) is 3.32. The molecule has 0 amide bonds. The van der Waals surface area contributed by atoms with E-state index < -0.39 is 5.60 Å². The number of aliphatic hydroxyl groups is 1. The van der Waals surface area contributed by atoms with E-state index in [0.29, 0.717) is 47.0 Å². The Labute approximate surface area is 163 Å². The first kappa shape index (κ1) is 18.4. The summed E-state index contributed by atoms with van der Waals surface area (Å²) >= 11 is 0. The minimum absolute atomic E-state index is 0.320. The van der Waals surface area contributed by atoms with Crippen molar-refractivity contribution in [3.8, 4) is 23.2 Å². The van der Waals surface area contributed by atoms with Crippen LogP contribution in [0.3, 0.4) is 0 Å². The summed E-state index contributed by atoms with van der Waals surface area (Å²) in [5.74, 6) is 7.16. The van der Waals surface area contributed by atoms with Crippen LogP contribution in [-0.4, -0.2) is 44.3 Å². The maximum atomic E-state index is 13.7. The van der Waals surface area contributed by atoms with Crippen LogP contribution in [0, 0.1) is 17.7 Å². The number of hydrogen-bond acceptors (Lipinski definition) is 5. The van der Waals surface area contributed by atoms with E-state index in [0.717, 1.165) is 12.8 Å². The maximum Gasteiger partial charge on any atom is 0.209 e. The monoisotopic (exact) mass is 379 g/mol. The van der Waals surface area contributed by atoms with Gasteiger partial charge in [-0.3, -0.25) is 0 Å². The lowest BCUT2D eigenvalue weighted by molar-refractivity contribution is 0.110. The minimum atomic E-state index is -0.949. The second-order valence-corrected chi connectivity index (χ2v) is 7.43. The number of benzene rings is 1. The molecule has 1 N–H and O–H groups in total. The smallest absolute Gasteiger partial charge is 0.209 e. The first-order chi connectivity index (χ1) is 13.4. The highest BCUT2D eigenvalue weighted by Crippen LogP contribution is 2.30. The van der Waals surface area contributed by atoms with Gasteiger partial charge >= 0.3 is 0 Å². The summed E-state index contributed by atoms with van der Waals surface area (Å²) in [7, 11) is 5.59. The maximum absolute atomic E-state index is 13.7. The Balaban J connectivity index is 1.86. The second kappa shape index (κ2) is 6.88. The van der Waals surface area contributed by atoms with Gasteiger partial charge < -0.3 is 14.6 Å². The van der Waals surface area contributed by atoms with Crippen molar-refractivity contribution in [2.24, 2.45) is 7.05 Å². The molecule has 0 aliphatic heterocycles. The molecule has 1 fully saturated rings. The molecule has 0 unspecified atom stereocenters. The van der Waals surface area contributed by atoms with Crippen molar-refractivity contribution in [1.82, 2.24) is 19.5 Å². The lowest BCUT2D eigenvalue weighted by Crippen LogP contribution is -2.21. The number of rotatable bonds is 2. The van der Waals surface area contributed by atoms with Gasteiger partial charge in [-0.15, -0.1) is 0 Å². The van der Waals surface area contributed by atoms with E-state index in [4.69, 9.17) is 0 Å². The van der Waals surface area contributed by atoms with Crippen LogP contribution in [0.25, 0.3) is 22.6 Å². The van der Waals surface area contributed by atoms with Crippen molar-refractivity contribution in [2.75, 3.05) is 19.0 Å². The van der Waals surface area contributed by atoms with Crippen LogP contribution in [0.5, 0.6) is 0 Å². The molecule has 1 aliphatic rings. The van der Waals surface area contributed by atoms with Crippen molar-refractivity contribution in [1.29, 1.82) is 0 Å². The van der Waals surface area contributed by atoms with Crippen LogP contribution in [0.4, 0.5) is 10.2 Å². The molecule has 2 heterocycles. The van der Waals surface area contributed by atoms with Crippen LogP contribution < -0.4 is 4.90 Å². The van der Waals surface area contributed by atoms with Crippen molar-refractivity contribution in [2.45, 2.75) is 31.3 Å². The number of imidazole rings is 1. The van der Waals surface area contributed by atoms with Gasteiger partial charge in [0.05, 0.1) is 0 Å². The standard InChI is InChI=1S/C21H22FN5O/c1-26(2)19-17-20(24-16(23-19)9-12-21(28)10-4-5-11-21)27(3)18(25-17)14-7-6-8-15(22)13-14/h6-8,13,28H,4-5,10-11H2,1-3H3. The van der Waals surface area contributed by atoms with Crippen molar-refractivity contribution in [3.05, 3.63) is 35.9 Å². The molecule has 7 heteroatoms. The zero-order valence-corrected chi connectivity index (χ0v) is 16.2. The van der Waals surface area contributed by atoms with Gasteiger partial charge in [0, 0.05) is 26.7 Å². The number of halogens is 1. The molecule has 0 saturated heterocycles. The molecular formula is C21H22FN5O. The topological polar surface area (TPSA) is 67.1 Å². The first-order valence-electron chi connectivity index (χ1n) is 9.30. The van der Waals surface area contributed by atoms with Crippen molar-refractivity contribution < 1.29 is 9.50 Å². The van der Waals surface area contributed by atoms with Gasteiger partial charge in [-0.25, -0.2) is 19.3 Å². The van der Waals surface area contributed by atoms with E-state index in [1.807, 2.05) is 36.7 Å². The molecule has 6 nitrogen and oxygen atoms in total. The number of nitrogens with zero attached hydrogens (tertiary/aromatic N) is 5. The Hall–Kier alpha value is -2.98. The predicted octanol–water partition coefficient (Wildman–Crippen LogP) is 2.89. The molecule has 0 bridgehead atoms. The Morgan fingerprint density at radius 1 is 1.18 bits per heavy atom. The van der Waals surface area contributed by atoms with E-state index in [2.05, 4.69) is 26.8 Å². The first-order valence-corrected chi connectivity index (χ1v) is 9.30. The van der Waals surface area contributed by atoms with Gasteiger partial charge in [-0.1, -0.05) is 18.1 Å². The minimum Gasteiger partial charge on any atom is -0.378 e. The molecule has 144 valence electrons. The Kier molecular flexibility index (Phi) is 4.52. The van der Waals surface area contributed by atoms with E-state index >= 15 is 0 Å². The van der Waals surface area contributed by atoms with Gasteiger partial charge in [0.1, 0.15) is 17.2 Å². The van der Waals surface area contributed by atoms with Gasteiger partial charge in [-0.05, 0) is 43.7 Å². The fraction of sp³-hybridized carbons (Fsp3) is 0.381. The van der Waals surface area contributed by atoms with Gasteiger partial charge in [0.15, 0.2) is 17.0 Å². The number of aryl methyl sites for hydroxylation is 1. The summed E-state index contributed by atoms with van der Waals surface area (Å²) in [5.41, 5.74) is 0.950. The van der Waals surface area contributed by atoms with E-state index in [9.17, 15) is 9.50 Å². The fourth-order valence-electron chi connectivity index (χ4n) is 3.56.